The minimum absolute atomic E-state index is 0.0319. The maximum absolute atomic E-state index is 13.1. The maximum atomic E-state index is 13.1. The average Bonchev–Trinajstić information content (AvgIpc) is 2.73. The molecule has 4 rings (SSSR count). The van der Waals surface area contributed by atoms with Crippen LogP contribution < -0.4 is 5.32 Å². The molecule has 2 aliphatic rings. The van der Waals surface area contributed by atoms with Crippen LogP contribution in [0.2, 0.25) is 0 Å². The van der Waals surface area contributed by atoms with E-state index in [0.29, 0.717) is 38.4 Å². The first kappa shape index (κ1) is 17.9. The van der Waals surface area contributed by atoms with E-state index < -0.39 is 6.04 Å². The van der Waals surface area contributed by atoms with Crippen LogP contribution in [0.25, 0.3) is 10.9 Å². The van der Waals surface area contributed by atoms with E-state index in [1.54, 1.807) is 11.0 Å². The summed E-state index contributed by atoms with van der Waals surface area (Å²) in [6.45, 7) is 4.84. The van der Waals surface area contributed by atoms with Crippen molar-refractivity contribution in [3.63, 3.8) is 0 Å². The first-order chi connectivity index (χ1) is 13.1. The Morgan fingerprint density at radius 1 is 1.04 bits per heavy atom. The molecule has 1 atom stereocenters. The quantitative estimate of drug-likeness (QED) is 0.833. The van der Waals surface area contributed by atoms with Gasteiger partial charge in [-0.15, -0.1) is 0 Å². The molecule has 1 N–H and O–H groups in total. The molecule has 27 heavy (non-hydrogen) atoms. The van der Waals surface area contributed by atoms with Gasteiger partial charge in [0.25, 0.3) is 5.91 Å². The summed E-state index contributed by atoms with van der Waals surface area (Å²) in [4.78, 5) is 36.5. The van der Waals surface area contributed by atoms with E-state index in [1.807, 2.05) is 35.2 Å². The van der Waals surface area contributed by atoms with E-state index in [0.717, 1.165) is 24.0 Å². The van der Waals surface area contributed by atoms with E-state index in [2.05, 4.69) is 22.2 Å². The topological polar surface area (TPSA) is 68.8 Å². The van der Waals surface area contributed by atoms with Gasteiger partial charge in [-0.3, -0.25) is 9.59 Å². The normalized spacial score (nSPS) is 21.4. The van der Waals surface area contributed by atoms with E-state index in [-0.39, 0.29) is 11.8 Å². The molecule has 3 heterocycles. The minimum atomic E-state index is -0.470. The number of nitrogens with zero attached hydrogens (tertiary/aromatic N) is 4. The number of rotatable bonds is 2. The molecule has 7 heteroatoms. The number of fused-ring (bicyclic) bond motifs is 1. The fourth-order valence-corrected chi connectivity index (χ4v) is 3.74. The zero-order valence-electron chi connectivity index (χ0n) is 15.6. The summed E-state index contributed by atoms with van der Waals surface area (Å²) in [6.07, 6.45) is 0. The molecule has 7 nitrogen and oxygen atoms in total. The number of likely N-dealkylation sites (N-methyl/N-ethyl adjacent to an activating group) is 1. The maximum Gasteiger partial charge on any atom is 0.273 e. The van der Waals surface area contributed by atoms with Crippen LogP contribution in [0.4, 0.5) is 0 Å². The molecule has 2 amide bonds. The number of nitrogens with one attached hydrogen (secondary N) is 1. The van der Waals surface area contributed by atoms with Gasteiger partial charge < -0.3 is 20.0 Å². The molecule has 0 spiro atoms. The van der Waals surface area contributed by atoms with Crippen LogP contribution in [0.3, 0.4) is 0 Å². The molecule has 2 aromatic rings. The number of pyridine rings is 1. The van der Waals surface area contributed by atoms with Gasteiger partial charge in [-0.25, -0.2) is 4.98 Å². The Bertz CT molecular complexity index is 847. The smallest absolute Gasteiger partial charge is 0.273 e. The molecule has 142 valence electrons. The lowest BCUT2D eigenvalue weighted by Gasteiger charge is -2.40. The minimum Gasteiger partial charge on any atom is -0.338 e. The lowest BCUT2D eigenvalue weighted by molar-refractivity contribution is -0.138. The second-order valence-corrected chi connectivity index (χ2v) is 7.24. The number of hydrogen-bond donors (Lipinski definition) is 1. The van der Waals surface area contributed by atoms with E-state index >= 15 is 0 Å². The predicted octanol–water partition coefficient (Wildman–Crippen LogP) is 0.423. The summed E-state index contributed by atoms with van der Waals surface area (Å²) in [6, 6.07) is 10.9. The Labute approximate surface area is 158 Å². The Kier molecular flexibility index (Phi) is 5.05. The highest BCUT2D eigenvalue weighted by molar-refractivity contribution is 5.98. The molecular formula is C20H25N5O2. The van der Waals surface area contributed by atoms with Gasteiger partial charge in [-0.05, 0) is 19.2 Å². The highest BCUT2D eigenvalue weighted by Gasteiger charge is 2.36. The van der Waals surface area contributed by atoms with Gasteiger partial charge in [0.2, 0.25) is 5.91 Å². The molecule has 1 unspecified atom stereocenters. The fourth-order valence-electron chi connectivity index (χ4n) is 3.74. The van der Waals surface area contributed by atoms with E-state index in [1.165, 1.54) is 0 Å². The first-order valence-corrected chi connectivity index (χ1v) is 9.48. The molecule has 0 saturated carbocycles. The van der Waals surface area contributed by atoms with Crippen LogP contribution in [0, 0.1) is 0 Å². The van der Waals surface area contributed by atoms with E-state index in [4.69, 9.17) is 0 Å². The average molecular weight is 367 g/mol. The second kappa shape index (κ2) is 7.62. The third kappa shape index (κ3) is 3.65. The van der Waals surface area contributed by atoms with Gasteiger partial charge in [0, 0.05) is 51.2 Å². The van der Waals surface area contributed by atoms with Crippen molar-refractivity contribution in [3.8, 4) is 0 Å². The van der Waals surface area contributed by atoms with E-state index in [9.17, 15) is 9.59 Å². The molecule has 2 aliphatic heterocycles. The fraction of sp³-hybridized carbons (Fsp3) is 0.450. The number of carbonyl (C=O) groups excluding carboxylic acids is 2. The van der Waals surface area contributed by atoms with Crippen LogP contribution in [0.15, 0.2) is 36.4 Å². The zero-order chi connectivity index (χ0) is 18.8. The van der Waals surface area contributed by atoms with Crippen molar-refractivity contribution in [1.82, 2.24) is 25.0 Å². The van der Waals surface area contributed by atoms with Crippen molar-refractivity contribution in [3.05, 3.63) is 42.1 Å². The first-order valence-electron chi connectivity index (χ1n) is 9.48. The number of para-hydroxylation sites is 1. The van der Waals surface area contributed by atoms with Crippen molar-refractivity contribution >= 4 is 22.7 Å². The van der Waals surface area contributed by atoms with Crippen molar-refractivity contribution in [2.75, 3.05) is 52.9 Å². The van der Waals surface area contributed by atoms with Crippen LogP contribution in [-0.4, -0.2) is 90.4 Å². The van der Waals surface area contributed by atoms with Crippen molar-refractivity contribution in [2.45, 2.75) is 6.04 Å². The number of aromatic nitrogens is 1. The van der Waals surface area contributed by atoms with Gasteiger partial charge in [-0.1, -0.05) is 24.3 Å². The summed E-state index contributed by atoms with van der Waals surface area (Å²) >= 11 is 0. The molecule has 1 aromatic carbocycles. The number of piperazine rings is 2. The lowest BCUT2D eigenvalue weighted by atomic mass is 10.1. The Balaban J connectivity index is 1.55. The summed E-state index contributed by atoms with van der Waals surface area (Å²) in [5.41, 5.74) is 1.19. The van der Waals surface area contributed by atoms with Gasteiger partial charge in [0.1, 0.15) is 11.7 Å². The molecule has 2 fully saturated rings. The number of amides is 2. The molecule has 0 bridgehead atoms. The van der Waals surface area contributed by atoms with Crippen molar-refractivity contribution in [2.24, 2.45) is 0 Å². The Hall–Kier alpha value is -2.51. The highest BCUT2D eigenvalue weighted by atomic mass is 16.2. The van der Waals surface area contributed by atoms with Crippen molar-refractivity contribution in [1.29, 1.82) is 0 Å². The third-order valence-electron chi connectivity index (χ3n) is 5.42. The molecule has 0 aliphatic carbocycles. The number of carbonyl (C=O) groups is 2. The van der Waals surface area contributed by atoms with Gasteiger partial charge in [0.05, 0.1) is 5.52 Å². The van der Waals surface area contributed by atoms with Crippen molar-refractivity contribution < 1.29 is 9.59 Å². The summed E-state index contributed by atoms with van der Waals surface area (Å²) in [5, 5.41) is 4.26. The van der Waals surface area contributed by atoms with Crippen LogP contribution in [0.5, 0.6) is 0 Å². The number of benzene rings is 1. The molecular weight excluding hydrogens is 342 g/mol. The van der Waals surface area contributed by atoms with Gasteiger partial charge >= 0.3 is 0 Å². The molecule has 2 saturated heterocycles. The lowest BCUT2D eigenvalue weighted by Crippen LogP contribution is -2.62. The Morgan fingerprint density at radius 2 is 1.81 bits per heavy atom. The standard InChI is InChI=1S/C20H25N5O2/c1-23-10-12-24(13-11-23)20(27)18-14-21-8-9-25(18)19(26)17-7-6-15-4-2-3-5-16(15)22-17/h2-7,18,21H,8-14H2,1H3. The highest BCUT2D eigenvalue weighted by Crippen LogP contribution is 2.16. The molecule has 1 aromatic heterocycles. The predicted molar refractivity (Wildman–Crippen MR) is 104 cm³/mol. The largest absolute Gasteiger partial charge is 0.338 e. The summed E-state index contributed by atoms with van der Waals surface area (Å²) < 4.78 is 0. The van der Waals surface area contributed by atoms with Gasteiger partial charge in [0.15, 0.2) is 0 Å². The van der Waals surface area contributed by atoms with Crippen LogP contribution in [-0.2, 0) is 4.79 Å². The SMILES string of the molecule is CN1CCN(C(=O)C2CNCCN2C(=O)c2ccc3ccccc3n2)CC1. The van der Waals surface area contributed by atoms with Crippen LogP contribution >= 0.6 is 0 Å². The summed E-state index contributed by atoms with van der Waals surface area (Å²) in [5.74, 6) is -0.140. The summed E-state index contributed by atoms with van der Waals surface area (Å²) in [7, 11) is 2.06. The van der Waals surface area contributed by atoms with Crippen LogP contribution in [0.1, 0.15) is 10.5 Å². The second-order valence-electron chi connectivity index (χ2n) is 7.24. The number of hydrogen-bond acceptors (Lipinski definition) is 5. The molecule has 0 radical (unpaired) electrons. The monoisotopic (exact) mass is 367 g/mol. The van der Waals surface area contributed by atoms with Gasteiger partial charge in [-0.2, -0.15) is 0 Å². The third-order valence-corrected chi connectivity index (χ3v) is 5.42. The zero-order valence-corrected chi connectivity index (χ0v) is 15.6. The Morgan fingerprint density at radius 3 is 2.63 bits per heavy atom.